The smallest absolute Gasteiger partial charge is 0.240 e. The van der Waals surface area contributed by atoms with E-state index in [0.717, 1.165) is 5.56 Å². The minimum atomic E-state index is -3.61. The molecule has 0 heterocycles. The van der Waals surface area contributed by atoms with Crippen LogP contribution in [0, 0.1) is 18.8 Å². The van der Waals surface area contributed by atoms with Crippen molar-refractivity contribution in [3.05, 3.63) is 29.3 Å². The lowest BCUT2D eigenvalue weighted by molar-refractivity contribution is 0.350. The zero-order valence-corrected chi connectivity index (χ0v) is 13.7. The van der Waals surface area contributed by atoms with Gasteiger partial charge in [-0.15, -0.1) is 0 Å². The van der Waals surface area contributed by atoms with Crippen LogP contribution in [0.2, 0.25) is 0 Å². The summed E-state index contributed by atoms with van der Waals surface area (Å²) in [4.78, 5) is 0.150. The van der Waals surface area contributed by atoms with E-state index in [4.69, 9.17) is 5.11 Å². The molecule has 1 aromatic rings. The minimum absolute atomic E-state index is 0.147. The molecule has 1 atom stereocenters. The Balaban J connectivity index is 2.84. The van der Waals surface area contributed by atoms with Crippen LogP contribution in [-0.2, 0) is 20.8 Å². The summed E-state index contributed by atoms with van der Waals surface area (Å²) in [5.41, 5.74) is 1.39. The fourth-order valence-corrected chi connectivity index (χ4v) is 3.46. The zero-order valence-electron chi connectivity index (χ0n) is 12.0. The van der Waals surface area contributed by atoms with Crippen molar-refractivity contribution in [1.82, 2.24) is 4.72 Å². The molecule has 5 nitrogen and oxygen atoms in total. The monoisotopic (exact) mass is 329 g/mol. The number of sulfonamides is 1. The van der Waals surface area contributed by atoms with Gasteiger partial charge in [-0.25, -0.2) is 13.1 Å². The highest BCUT2D eigenvalue weighted by molar-refractivity contribution is 7.89. The lowest BCUT2D eigenvalue weighted by Crippen LogP contribution is -2.28. The maximum atomic E-state index is 12.1. The normalized spacial score (nSPS) is 12.5. The second-order valence-corrected chi connectivity index (χ2v) is 7.90. The molecule has 2 N–H and O–H groups in total. The first kappa shape index (κ1) is 17.9. The number of aliphatic hydroxyl groups is 1. The van der Waals surface area contributed by atoms with Crippen LogP contribution in [-0.4, -0.2) is 42.4 Å². The fraction of sp³-hybridized carbons (Fsp3) is 0.429. The quantitative estimate of drug-likeness (QED) is 0.740. The highest BCUT2D eigenvalue weighted by Crippen LogP contribution is 2.14. The van der Waals surface area contributed by atoms with Gasteiger partial charge < -0.3 is 5.11 Å². The Morgan fingerprint density at radius 3 is 2.67 bits per heavy atom. The number of rotatable bonds is 6. The Kier molecular flexibility index (Phi) is 7.05. The van der Waals surface area contributed by atoms with E-state index in [9.17, 15) is 12.6 Å². The van der Waals surface area contributed by atoms with E-state index < -0.39 is 20.8 Å². The van der Waals surface area contributed by atoms with E-state index in [1.165, 1.54) is 12.1 Å². The molecule has 0 spiro atoms. The van der Waals surface area contributed by atoms with Gasteiger partial charge in [0.2, 0.25) is 10.0 Å². The first-order valence-corrected chi connectivity index (χ1v) is 9.43. The zero-order chi connectivity index (χ0) is 15.9. The standard InChI is InChI=1S/C14H19NO4S2/c1-3-20(17)10-8-15-21(18,19)14-7-6-13(5-4-9-16)12(2)11-14/h6-7,11,15-16H,3,8-10H2,1-2H3. The molecule has 0 radical (unpaired) electrons. The number of nitrogens with one attached hydrogen (secondary N) is 1. The van der Waals surface area contributed by atoms with Gasteiger partial charge in [0.05, 0.1) is 4.90 Å². The maximum absolute atomic E-state index is 12.1. The Bertz CT molecular complexity index is 672. The third-order valence-corrected chi connectivity index (χ3v) is 5.52. The van der Waals surface area contributed by atoms with Crippen LogP contribution in [0.4, 0.5) is 0 Å². The van der Waals surface area contributed by atoms with E-state index in [1.807, 2.05) is 0 Å². The van der Waals surface area contributed by atoms with Crippen LogP contribution in [0.15, 0.2) is 23.1 Å². The van der Waals surface area contributed by atoms with Gasteiger partial charge in [-0.2, -0.15) is 0 Å². The van der Waals surface area contributed by atoms with Crippen molar-refractivity contribution in [2.45, 2.75) is 18.7 Å². The van der Waals surface area contributed by atoms with Crippen molar-refractivity contribution >= 4 is 20.8 Å². The number of hydrogen-bond acceptors (Lipinski definition) is 4. The number of aliphatic hydroxyl groups excluding tert-OH is 1. The molecule has 0 amide bonds. The van der Waals surface area contributed by atoms with Crippen LogP contribution in [0.5, 0.6) is 0 Å². The summed E-state index contributed by atoms with van der Waals surface area (Å²) in [6, 6.07) is 4.60. The predicted octanol–water partition coefficient (Wildman–Crippen LogP) is 0.386. The summed E-state index contributed by atoms with van der Waals surface area (Å²) in [5, 5.41) is 8.66. The van der Waals surface area contributed by atoms with E-state index in [0.29, 0.717) is 17.1 Å². The van der Waals surface area contributed by atoms with Gasteiger partial charge in [0, 0.05) is 34.4 Å². The molecule has 0 aliphatic heterocycles. The van der Waals surface area contributed by atoms with E-state index in [1.54, 1.807) is 19.9 Å². The van der Waals surface area contributed by atoms with Gasteiger partial charge in [0.1, 0.15) is 6.61 Å². The molecule has 0 fully saturated rings. The molecule has 0 aromatic heterocycles. The van der Waals surface area contributed by atoms with Gasteiger partial charge >= 0.3 is 0 Å². The molecular weight excluding hydrogens is 310 g/mol. The highest BCUT2D eigenvalue weighted by atomic mass is 32.2. The molecule has 0 aliphatic rings. The Labute approximate surface area is 128 Å². The molecule has 1 aromatic carbocycles. The average Bonchev–Trinajstić information content (AvgIpc) is 2.45. The Morgan fingerprint density at radius 2 is 2.10 bits per heavy atom. The second-order valence-electron chi connectivity index (χ2n) is 4.27. The summed E-state index contributed by atoms with van der Waals surface area (Å²) in [6.07, 6.45) is 0. The summed E-state index contributed by atoms with van der Waals surface area (Å²) >= 11 is 0. The minimum Gasteiger partial charge on any atom is -0.384 e. The van der Waals surface area contributed by atoms with Crippen molar-refractivity contribution in [3.8, 4) is 11.8 Å². The van der Waals surface area contributed by atoms with Gasteiger partial charge in [-0.1, -0.05) is 18.8 Å². The summed E-state index contributed by atoms with van der Waals surface area (Å²) in [7, 11) is -4.60. The molecule has 0 aliphatic carbocycles. The lowest BCUT2D eigenvalue weighted by Gasteiger charge is -2.08. The fourth-order valence-electron chi connectivity index (χ4n) is 1.60. The molecule has 1 rings (SSSR count). The first-order chi connectivity index (χ1) is 9.90. The van der Waals surface area contributed by atoms with Crippen molar-refractivity contribution < 1.29 is 17.7 Å². The van der Waals surface area contributed by atoms with Crippen molar-refractivity contribution in [3.63, 3.8) is 0 Å². The predicted molar refractivity (Wildman–Crippen MR) is 83.9 cm³/mol. The van der Waals surface area contributed by atoms with Gasteiger partial charge in [-0.05, 0) is 30.7 Å². The molecule has 7 heteroatoms. The largest absolute Gasteiger partial charge is 0.384 e. The number of hydrogen-bond donors (Lipinski definition) is 2. The van der Waals surface area contributed by atoms with Crippen molar-refractivity contribution in [2.24, 2.45) is 0 Å². The van der Waals surface area contributed by atoms with Crippen LogP contribution < -0.4 is 4.72 Å². The molecule has 1 unspecified atom stereocenters. The topological polar surface area (TPSA) is 83.5 Å². The van der Waals surface area contributed by atoms with Crippen molar-refractivity contribution in [2.75, 3.05) is 24.7 Å². The molecule has 0 saturated carbocycles. The van der Waals surface area contributed by atoms with Gasteiger partial charge in [-0.3, -0.25) is 4.21 Å². The van der Waals surface area contributed by atoms with E-state index >= 15 is 0 Å². The Morgan fingerprint density at radius 1 is 1.38 bits per heavy atom. The lowest BCUT2D eigenvalue weighted by atomic mass is 10.1. The van der Waals surface area contributed by atoms with E-state index in [2.05, 4.69) is 16.6 Å². The first-order valence-electron chi connectivity index (χ1n) is 6.45. The van der Waals surface area contributed by atoms with Crippen LogP contribution in [0.3, 0.4) is 0 Å². The Hall–Kier alpha value is -1.20. The average molecular weight is 329 g/mol. The van der Waals surface area contributed by atoms with Crippen LogP contribution in [0.25, 0.3) is 0 Å². The SMILES string of the molecule is CCS(=O)CCNS(=O)(=O)c1ccc(C#CCO)c(C)c1. The van der Waals surface area contributed by atoms with Crippen LogP contribution in [0.1, 0.15) is 18.1 Å². The molecule has 116 valence electrons. The highest BCUT2D eigenvalue weighted by Gasteiger charge is 2.14. The summed E-state index contributed by atoms with van der Waals surface area (Å²) in [6.45, 7) is 3.45. The molecular formula is C14H19NO4S2. The van der Waals surface area contributed by atoms with E-state index in [-0.39, 0.29) is 18.0 Å². The van der Waals surface area contributed by atoms with Crippen LogP contribution >= 0.6 is 0 Å². The van der Waals surface area contributed by atoms with Gasteiger partial charge in [0.25, 0.3) is 0 Å². The molecule has 0 saturated heterocycles. The second kappa shape index (κ2) is 8.29. The number of benzene rings is 1. The molecule has 21 heavy (non-hydrogen) atoms. The third-order valence-electron chi connectivity index (χ3n) is 2.75. The maximum Gasteiger partial charge on any atom is 0.240 e. The van der Waals surface area contributed by atoms with Crippen molar-refractivity contribution in [1.29, 1.82) is 0 Å². The number of aryl methyl sites for hydroxylation is 1. The van der Waals surface area contributed by atoms with Gasteiger partial charge in [0.15, 0.2) is 0 Å². The third kappa shape index (κ3) is 5.59. The molecule has 0 bridgehead atoms. The summed E-state index contributed by atoms with van der Waals surface area (Å²) in [5.74, 6) is 6.09. The summed E-state index contributed by atoms with van der Waals surface area (Å²) < 4.78 is 37.9.